The molecule has 0 bridgehead atoms. The van der Waals surface area contributed by atoms with E-state index in [0.717, 1.165) is 28.1 Å². The molecule has 0 spiro atoms. The first-order valence-corrected chi connectivity index (χ1v) is 11.1. The van der Waals surface area contributed by atoms with Gasteiger partial charge in [-0.3, -0.25) is 4.79 Å². The fourth-order valence-corrected chi connectivity index (χ4v) is 3.76. The number of benzene rings is 3. The summed E-state index contributed by atoms with van der Waals surface area (Å²) in [4.78, 5) is 12.4. The number of thioether (sulfide) groups is 1. The summed E-state index contributed by atoms with van der Waals surface area (Å²) in [6.45, 7) is 3.70. The Labute approximate surface area is 189 Å². The topological polar surface area (TPSA) is 77.2 Å². The molecule has 1 aromatic heterocycles. The maximum absolute atomic E-state index is 13.0. The quantitative estimate of drug-likeness (QED) is 0.358. The molecule has 4 aromatic rings. The van der Waals surface area contributed by atoms with Gasteiger partial charge in [-0.15, -0.1) is 10.2 Å². The number of nitrogens with zero attached hydrogens (tertiary/aromatic N) is 2. The van der Waals surface area contributed by atoms with Crippen molar-refractivity contribution in [2.45, 2.75) is 31.2 Å². The number of nitrogens with one attached hydrogen (secondary N) is 1. The van der Waals surface area contributed by atoms with Crippen molar-refractivity contribution >= 4 is 28.4 Å². The average molecular weight is 452 g/mol. The minimum atomic E-state index is -0.510. The summed E-state index contributed by atoms with van der Waals surface area (Å²) in [6.07, 6.45) is -0.510. The lowest BCUT2D eigenvalue weighted by atomic mass is 10.0. The van der Waals surface area contributed by atoms with Gasteiger partial charge in [-0.25, -0.2) is 4.39 Å². The molecule has 3 aromatic carbocycles. The van der Waals surface area contributed by atoms with Gasteiger partial charge in [0.15, 0.2) is 6.10 Å². The molecule has 0 aliphatic carbocycles. The third-order valence-electron chi connectivity index (χ3n) is 4.87. The maximum Gasteiger partial charge on any atom is 0.277 e. The molecule has 4 rings (SSSR count). The van der Waals surface area contributed by atoms with E-state index in [1.165, 1.54) is 24.3 Å². The van der Waals surface area contributed by atoms with E-state index in [-0.39, 0.29) is 34.6 Å². The molecule has 0 radical (unpaired) electrons. The second kappa shape index (κ2) is 9.82. The summed E-state index contributed by atoms with van der Waals surface area (Å²) in [5, 5.41) is 13.5. The highest BCUT2D eigenvalue weighted by Crippen LogP contribution is 2.25. The molecule has 1 amide bonds. The Bertz CT molecular complexity index is 1210. The number of carbonyl (C=O) groups excluding carboxylic acids is 1. The van der Waals surface area contributed by atoms with Crippen LogP contribution in [0.25, 0.3) is 10.8 Å². The van der Waals surface area contributed by atoms with Crippen molar-refractivity contribution in [1.82, 2.24) is 15.5 Å². The summed E-state index contributed by atoms with van der Waals surface area (Å²) in [7, 11) is 0. The van der Waals surface area contributed by atoms with Gasteiger partial charge in [0.2, 0.25) is 5.91 Å². The highest BCUT2D eigenvalue weighted by atomic mass is 32.2. The van der Waals surface area contributed by atoms with Crippen molar-refractivity contribution in [1.29, 1.82) is 0 Å². The standard InChI is InChI=1S/C24H22FN3O3S/c1-15(18-8-7-17-5-3-4-6-19(17)13-18)26-22(29)14-32-24-28-27-23(31-24)16(2)30-21-11-9-20(25)10-12-21/h3-13,15-16H,14H2,1-2H3,(H,26,29)/t15-,16+/m0/s1. The third kappa shape index (κ3) is 5.45. The van der Waals surface area contributed by atoms with E-state index in [1.807, 2.05) is 25.1 Å². The van der Waals surface area contributed by atoms with Gasteiger partial charge in [0.05, 0.1) is 11.8 Å². The average Bonchev–Trinajstić information content (AvgIpc) is 3.28. The van der Waals surface area contributed by atoms with Gasteiger partial charge in [0.25, 0.3) is 11.1 Å². The van der Waals surface area contributed by atoms with E-state index >= 15 is 0 Å². The lowest BCUT2D eigenvalue weighted by molar-refractivity contribution is -0.119. The van der Waals surface area contributed by atoms with Crippen LogP contribution < -0.4 is 10.1 Å². The van der Waals surface area contributed by atoms with Gasteiger partial charge in [-0.1, -0.05) is 48.2 Å². The number of amides is 1. The molecule has 0 aliphatic heterocycles. The molecule has 1 heterocycles. The second-order valence-corrected chi connectivity index (χ2v) is 8.23. The van der Waals surface area contributed by atoms with E-state index in [9.17, 15) is 9.18 Å². The van der Waals surface area contributed by atoms with Crippen LogP contribution in [0, 0.1) is 5.82 Å². The van der Waals surface area contributed by atoms with Crippen LogP contribution in [0.1, 0.15) is 37.4 Å². The molecule has 0 saturated heterocycles. The van der Waals surface area contributed by atoms with Crippen molar-refractivity contribution in [2.75, 3.05) is 5.75 Å². The molecular weight excluding hydrogens is 429 g/mol. The van der Waals surface area contributed by atoms with Crippen molar-refractivity contribution in [3.63, 3.8) is 0 Å². The monoisotopic (exact) mass is 451 g/mol. The minimum Gasteiger partial charge on any atom is -0.481 e. The highest BCUT2D eigenvalue weighted by molar-refractivity contribution is 7.99. The number of hydrogen-bond acceptors (Lipinski definition) is 6. The summed E-state index contributed by atoms with van der Waals surface area (Å²) in [6, 6.07) is 19.8. The number of hydrogen-bond donors (Lipinski definition) is 1. The number of rotatable bonds is 8. The fourth-order valence-electron chi connectivity index (χ4n) is 3.18. The van der Waals surface area contributed by atoms with Gasteiger partial charge < -0.3 is 14.5 Å². The Morgan fingerprint density at radius 2 is 1.81 bits per heavy atom. The molecule has 6 nitrogen and oxygen atoms in total. The zero-order valence-electron chi connectivity index (χ0n) is 17.6. The van der Waals surface area contributed by atoms with E-state index in [2.05, 4.69) is 39.8 Å². The largest absolute Gasteiger partial charge is 0.481 e. The third-order valence-corrected chi connectivity index (χ3v) is 5.69. The minimum absolute atomic E-state index is 0.130. The second-order valence-electron chi connectivity index (χ2n) is 7.30. The van der Waals surface area contributed by atoms with E-state index < -0.39 is 6.10 Å². The molecule has 164 valence electrons. The first-order valence-electron chi connectivity index (χ1n) is 10.1. The Kier molecular flexibility index (Phi) is 6.70. The molecule has 0 fully saturated rings. The van der Waals surface area contributed by atoms with Gasteiger partial charge in [0, 0.05) is 0 Å². The van der Waals surface area contributed by atoms with Crippen molar-refractivity contribution < 1.29 is 18.3 Å². The zero-order valence-corrected chi connectivity index (χ0v) is 18.4. The van der Waals surface area contributed by atoms with Crippen molar-refractivity contribution in [3.05, 3.63) is 84.0 Å². The number of halogens is 1. The van der Waals surface area contributed by atoms with Gasteiger partial charge >= 0.3 is 0 Å². The van der Waals surface area contributed by atoms with Crippen LogP contribution in [0.5, 0.6) is 5.75 Å². The van der Waals surface area contributed by atoms with E-state index in [0.29, 0.717) is 5.75 Å². The van der Waals surface area contributed by atoms with Crippen LogP contribution in [0.2, 0.25) is 0 Å². The van der Waals surface area contributed by atoms with Gasteiger partial charge in [-0.2, -0.15) is 0 Å². The molecule has 2 atom stereocenters. The highest BCUT2D eigenvalue weighted by Gasteiger charge is 2.17. The van der Waals surface area contributed by atoms with Crippen LogP contribution in [-0.4, -0.2) is 21.9 Å². The molecule has 0 saturated carbocycles. The predicted octanol–water partition coefficient (Wildman–Crippen LogP) is 5.47. The number of carbonyl (C=O) groups is 1. The van der Waals surface area contributed by atoms with Gasteiger partial charge in [-0.05, 0) is 60.5 Å². The summed E-state index contributed by atoms with van der Waals surface area (Å²) < 4.78 is 24.3. The summed E-state index contributed by atoms with van der Waals surface area (Å²) in [5.74, 6) is 0.447. The van der Waals surface area contributed by atoms with Crippen LogP contribution in [0.3, 0.4) is 0 Å². The Morgan fingerprint density at radius 1 is 1.06 bits per heavy atom. The van der Waals surface area contributed by atoms with Crippen LogP contribution in [-0.2, 0) is 4.79 Å². The van der Waals surface area contributed by atoms with Gasteiger partial charge in [0.1, 0.15) is 11.6 Å². The maximum atomic E-state index is 13.0. The van der Waals surface area contributed by atoms with Crippen LogP contribution >= 0.6 is 11.8 Å². The molecular formula is C24H22FN3O3S. The Morgan fingerprint density at radius 3 is 2.59 bits per heavy atom. The fraction of sp³-hybridized carbons (Fsp3) is 0.208. The molecule has 0 unspecified atom stereocenters. The predicted molar refractivity (Wildman–Crippen MR) is 121 cm³/mol. The normalized spacial score (nSPS) is 13.0. The number of fused-ring (bicyclic) bond motifs is 1. The molecule has 32 heavy (non-hydrogen) atoms. The lowest BCUT2D eigenvalue weighted by Gasteiger charge is -2.14. The van der Waals surface area contributed by atoms with Crippen molar-refractivity contribution in [2.24, 2.45) is 0 Å². The molecule has 0 aliphatic rings. The number of aromatic nitrogens is 2. The smallest absolute Gasteiger partial charge is 0.277 e. The Hall–Kier alpha value is -3.39. The van der Waals surface area contributed by atoms with E-state index in [1.54, 1.807) is 6.92 Å². The van der Waals surface area contributed by atoms with Crippen LogP contribution in [0.4, 0.5) is 4.39 Å². The first-order chi connectivity index (χ1) is 15.5. The van der Waals surface area contributed by atoms with Crippen LogP contribution in [0.15, 0.2) is 76.4 Å². The zero-order chi connectivity index (χ0) is 22.5. The Balaban J connectivity index is 1.29. The van der Waals surface area contributed by atoms with Crippen molar-refractivity contribution in [3.8, 4) is 5.75 Å². The van der Waals surface area contributed by atoms with E-state index in [4.69, 9.17) is 9.15 Å². The first kappa shape index (κ1) is 21.8. The number of ether oxygens (including phenoxy) is 1. The SMILES string of the molecule is C[C@H](NC(=O)CSc1nnc([C@@H](C)Oc2ccc(F)cc2)o1)c1ccc2ccccc2c1. The molecule has 1 N–H and O–H groups in total. The molecule has 8 heteroatoms. The lowest BCUT2D eigenvalue weighted by Crippen LogP contribution is -2.28. The summed E-state index contributed by atoms with van der Waals surface area (Å²) in [5.41, 5.74) is 1.04. The summed E-state index contributed by atoms with van der Waals surface area (Å²) >= 11 is 1.16.